The van der Waals surface area contributed by atoms with Gasteiger partial charge in [0.15, 0.2) is 4.91 Å². The smallest absolute Gasteiger partial charge is 0.219 e. The molecule has 0 heterocycles. The van der Waals surface area contributed by atoms with Gasteiger partial charge in [-0.25, -0.2) is 8.42 Å². The predicted octanol–water partition coefficient (Wildman–Crippen LogP) is 6.47. The maximum Gasteiger partial charge on any atom is 0.219 e. The fourth-order valence-electron chi connectivity index (χ4n) is 3.00. The number of para-hydroxylation sites is 1. The highest BCUT2D eigenvalue weighted by atomic mass is 35.5. The fraction of sp³-hybridized carbons (Fsp3) is 0.125. The Hall–Kier alpha value is -2.72. The zero-order chi connectivity index (χ0) is 22.4. The van der Waals surface area contributed by atoms with E-state index in [9.17, 15) is 13.7 Å². The van der Waals surface area contributed by atoms with Crippen LogP contribution in [0.2, 0.25) is 5.02 Å². The SMILES string of the molecule is Cc1cccc(C)c1NC(SCc1ccccc1Cl)=C(C#N)S(=O)(=O)c1ccccc1. The molecule has 0 amide bonds. The van der Waals surface area contributed by atoms with Crippen molar-refractivity contribution in [2.24, 2.45) is 0 Å². The van der Waals surface area contributed by atoms with Crippen molar-refractivity contribution < 1.29 is 8.42 Å². The van der Waals surface area contributed by atoms with Gasteiger partial charge in [0.2, 0.25) is 9.84 Å². The average molecular weight is 469 g/mol. The third-order valence-corrected chi connectivity index (χ3v) is 7.95. The molecule has 3 aromatic carbocycles. The second kappa shape index (κ2) is 10.1. The molecule has 3 rings (SSSR count). The highest BCUT2D eigenvalue weighted by molar-refractivity contribution is 8.04. The number of allylic oxidation sites excluding steroid dienone is 1. The first kappa shape index (κ1) is 23.0. The molecule has 0 fully saturated rings. The van der Waals surface area contributed by atoms with E-state index in [2.05, 4.69) is 5.32 Å². The zero-order valence-corrected chi connectivity index (χ0v) is 19.5. The normalized spacial score (nSPS) is 12.1. The van der Waals surface area contributed by atoms with E-state index in [4.69, 9.17) is 11.6 Å². The number of nitrogens with one attached hydrogen (secondary N) is 1. The Morgan fingerprint density at radius 3 is 2.19 bits per heavy atom. The van der Waals surface area contributed by atoms with Crippen LogP contribution in [0.4, 0.5) is 5.69 Å². The summed E-state index contributed by atoms with van der Waals surface area (Å²) in [6.07, 6.45) is 0. The molecule has 4 nitrogen and oxygen atoms in total. The Kier molecular flexibility index (Phi) is 7.45. The molecule has 0 bridgehead atoms. The van der Waals surface area contributed by atoms with E-state index in [-0.39, 0.29) is 14.8 Å². The lowest BCUT2D eigenvalue weighted by Crippen LogP contribution is -2.11. The van der Waals surface area contributed by atoms with Crippen molar-refractivity contribution in [2.45, 2.75) is 24.5 Å². The second-order valence-corrected chi connectivity index (χ2v) is 10.1. The van der Waals surface area contributed by atoms with Crippen LogP contribution < -0.4 is 5.32 Å². The van der Waals surface area contributed by atoms with Crippen LogP contribution in [0.25, 0.3) is 0 Å². The Labute approximate surface area is 192 Å². The van der Waals surface area contributed by atoms with Gasteiger partial charge in [-0.05, 0) is 48.7 Å². The van der Waals surface area contributed by atoms with E-state index in [1.54, 1.807) is 24.3 Å². The number of hydrogen-bond donors (Lipinski definition) is 1. The van der Waals surface area contributed by atoms with E-state index in [0.29, 0.717) is 10.8 Å². The van der Waals surface area contributed by atoms with Gasteiger partial charge < -0.3 is 5.32 Å². The summed E-state index contributed by atoms with van der Waals surface area (Å²) in [7, 11) is -4.01. The monoisotopic (exact) mass is 468 g/mol. The van der Waals surface area contributed by atoms with Gasteiger partial charge in [-0.15, -0.1) is 11.8 Å². The van der Waals surface area contributed by atoms with Gasteiger partial charge in [-0.1, -0.05) is 66.2 Å². The fourth-order valence-corrected chi connectivity index (χ4v) is 5.86. The van der Waals surface area contributed by atoms with E-state index in [1.165, 1.54) is 23.9 Å². The summed E-state index contributed by atoms with van der Waals surface area (Å²) in [4.78, 5) is -0.246. The molecule has 158 valence electrons. The average Bonchev–Trinajstić information content (AvgIpc) is 2.76. The minimum Gasteiger partial charge on any atom is -0.348 e. The number of rotatable bonds is 7. The van der Waals surface area contributed by atoms with Crippen molar-refractivity contribution in [2.75, 3.05) is 5.32 Å². The van der Waals surface area contributed by atoms with Gasteiger partial charge in [0.05, 0.1) is 4.90 Å². The Morgan fingerprint density at radius 1 is 0.968 bits per heavy atom. The summed E-state index contributed by atoms with van der Waals surface area (Å²) >= 11 is 7.52. The molecule has 31 heavy (non-hydrogen) atoms. The molecular formula is C24H21ClN2O2S2. The van der Waals surface area contributed by atoms with Crippen LogP contribution in [0.15, 0.2) is 87.6 Å². The summed E-state index contributed by atoms with van der Waals surface area (Å²) < 4.78 is 26.6. The summed E-state index contributed by atoms with van der Waals surface area (Å²) in [6, 6.07) is 23.1. The molecule has 0 radical (unpaired) electrons. The van der Waals surface area contributed by atoms with Crippen LogP contribution in [-0.2, 0) is 15.6 Å². The van der Waals surface area contributed by atoms with Crippen LogP contribution >= 0.6 is 23.4 Å². The van der Waals surface area contributed by atoms with Crippen LogP contribution in [0.1, 0.15) is 16.7 Å². The predicted molar refractivity (Wildman–Crippen MR) is 129 cm³/mol. The number of thioether (sulfide) groups is 1. The molecule has 0 saturated heterocycles. The Bertz CT molecular complexity index is 1240. The van der Waals surface area contributed by atoms with Crippen molar-refractivity contribution in [1.29, 1.82) is 5.26 Å². The summed E-state index contributed by atoms with van der Waals surface area (Å²) in [6.45, 7) is 3.87. The number of anilines is 1. The van der Waals surface area contributed by atoms with Crippen LogP contribution in [0.5, 0.6) is 0 Å². The van der Waals surface area contributed by atoms with Gasteiger partial charge in [-0.3, -0.25) is 0 Å². The lowest BCUT2D eigenvalue weighted by atomic mass is 10.1. The summed E-state index contributed by atoms with van der Waals surface area (Å²) in [5.41, 5.74) is 3.53. The molecule has 0 spiro atoms. The van der Waals surface area contributed by atoms with Crippen LogP contribution in [0, 0.1) is 25.2 Å². The first-order valence-electron chi connectivity index (χ1n) is 9.48. The van der Waals surface area contributed by atoms with E-state index in [0.717, 1.165) is 22.4 Å². The van der Waals surface area contributed by atoms with Crippen LogP contribution in [0.3, 0.4) is 0 Å². The molecule has 1 N–H and O–H groups in total. The number of hydrogen-bond acceptors (Lipinski definition) is 5. The number of aryl methyl sites for hydroxylation is 2. The van der Waals surface area contributed by atoms with Gasteiger partial charge in [0.1, 0.15) is 11.1 Å². The molecule has 0 aliphatic carbocycles. The van der Waals surface area contributed by atoms with Crippen molar-refractivity contribution in [1.82, 2.24) is 0 Å². The number of nitrogens with zero attached hydrogens (tertiary/aromatic N) is 1. The van der Waals surface area contributed by atoms with Crippen molar-refractivity contribution in [3.8, 4) is 6.07 Å². The number of nitriles is 1. The topological polar surface area (TPSA) is 70.0 Å². The Morgan fingerprint density at radius 2 is 1.58 bits per heavy atom. The van der Waals surface area contributed by atoms with Crippen molar-refractivity contribution in [3.05, 3.63) is 104 Å². The zero-order valence-electron chi connectivity index (χ0n) is 17.1. The van der Waals surface area contributed by atoms with Gasteiger partial charge in [0.25, 0.3) is 0 Å². The molecule has 0 aromatic heterocycles. The molecule has 0 atom stereocenters. The largest absolute Gasteiger partial charge is 0.348 e. The van der Waals surface area contributed by atoms with Gasteiger partial charge >= 0.3 is 0 Å². The molecule has 7 heteroatoms. The first-order chi connectivity index (χ1) is 14.8. The summed E-state index contributed by atoms with van der Waals surface area (Å²) in [5.74, 6) is 0.405. The maximum absolute atomic E-state index is 13.3. The standard InChI is InChI=1S/C24H21ClN2O2S2/c1-17-9-8-10-18(2)23(17)27-24(30-16-19-11-6-7-14-21(19)25)22(15-26)31(28,29)20-12-4-3-5-13-20/h3-14,27H,16H2,1-2H3. The first-order valence-corrected chi connectivity index (χ1v) is 12.3. The van der Waals surface area contributed by atoms with E-state index < -0.39 is 9.84 Å². The third-order valence-electron chi connectivity index (χ3n) is 4.68. The van der Waals surface area contributed by atoms with E-state index >= 15 is 0 Å². The van der Waals surface area contributed by atoms with Crippen LogP contribution in [-0.4, -0.2) is 8.42 Å². The molecule has 0 saturated carbocycles. The highest BCUT2D eigenvalue weighted by Crippen LogP contribution is 2.34. The number of halogens is 1. The second-order valence-electron chi connectivity index (χ2n) is 6.86. The van der Waals surface area contributed by atoms with Crippen molar-refractivity contribution in [3.63, 3.8) is 0 Å². The molecular weight excluding hydrogens is 448 g/mol. The molecule has 0 unspecified atom stereocenters. The number of benzene rings is 3. The minimum atomic E-state index is -4.01. The lowest BCUT2D eigenvalue weighted by molar-refractivity contribution is 0.603. The highest BCUT2D eigenvalue weighted by Gasteiger charge is 2.26. The van der Waals surface area contributed by atoms with E-state index in [1.807, 2.05) is 56.3 Å². The quantitative estimate of drug-likeness (QED) is 0.402. The number of sulfone groups is 1. The molecule has 3 aromatic rings. The third kappa shape index (κ3) is 5.31. The van der Waals surface area contributed by atoms with Crippen molar-refractivity contribution >= 4 is 38.9 Å². The molecule has 0 aliphatic heterocycles. The van der Waals surface area contributed by atoms with Gasteiger partial charge in [-0.2, -0.15) is 5.26 Å². The minimum absolute atomic E-state index is 0.0747. The van der Waals surface area contributed by atoms with Gasteiger partial charge in [0, 0.05) is 16.5 Å². The Balaban J connectivity index is 2.11. The molecule has 0 aliphatic rings. The maximum atomic E-state index is 13.3. The lowest BCUT2D eigenvalue weighted by Gasteiger charge is -2.17. The summed E-state index contributed by atoms with van der Waals surface area (Å²) in [5, 5.41) is 14.0.